The molecule has 0 bridgehead atoms. The van der Waals surface area contributed by atoms with Crippen LogP contribution < -0.4 is 20.1 Å². The fourth-order valence-electron chi connectivity index (χ4n) is 5.61. The molecule has 2 heterocycles. The Kier molecular flexibility index (Phi) is 9.23. The maximum absolute atomic E-state index is 14.1. The van der Waals surface area contributed by atoms with Gasteiger partial charge < -0.3 is 25.0 Å². The molecule has 45 heavy (non-hydrogen) atoms. The number of aromatic nitrogens is 2. The Balaban J connectivity index is 1.40. The highest BCUT2D eigenvalue weighted by atomic mass is 32.2. The molecule has 2 N–H and O–H groups in total. The third-order valence-electron chi connectivity index (χ3n) is 8.15. The van der Waals surface area contributed by atoms with E-state index in [4.69, 9.17) is 9.47 Å². The minimum Gasteiger partial charge on any atom is -0.495 e. The van der Waals surface area contributed by atoms with Crippen LogP contribution in [-0.2, 0) is 22.6 Å². The van der Waals surface area contributed by atoms with Gasteiger partial charge in [-0.3, -0.25) is 4.79 Å². The number of halogens is 3. The molecule has 11 nitrogen and oxygen atoms in total. The highest BCUT2D eigenvalue weighted by molar-refractivity contribution is 7.88. The topological polar surface area (TPSA) is 126 Å². The van der Waals surface area contributed by atoms with E-state index in [0.717, 1.165) is 42.1 Å². The Hall–Kier alpha value is -3.95. The summed E-state index contributed by atoms with van der Waals surface area (Å²) in [5.41, 5.74) is 0.852. The average molecular weight is 649 g/mol. The van der Waals surface area contributed by atoms with Crippen molar-refractivity contribution < 1.29 is 35.9 Å². The standard InChI is InChI=1S/C30H35F3N6O5S/c1-38-13-11-20(12-14-38)35-27(40)19-9-10-23(24(16-19)43-3)36-29-34-17-22(30(31,32)33)28(37-29)44-25-15-18-7-5-6-8-21(18)26(25)39(2)45(4,41)42/h5-10,16-17,20,25-26H,11-15H2,1-4H3,(H,35,40)(H,34,36,37)/t25-,26+/m1/s1. The van der Waals surface area contributed by atoms with Crippen molar-refractivity contribution in [2.24, 2.45) is 0 Å². The number of likely N-dealkylation sites (tertiary alicyclic amines) is 1. The first-order chi connectivity index (χ1) is 21.2. The fraction of sp³-hybridized carbons (Fsp3) is 0.433. The molecular weight excluding hydrogens is 613 g/mol. The summed E-state index contributed by atoms with van der Waals surface area (Å²) in [7, 11) is 1.07. The number of nitrogens with zero attached hydrogens (tertiary/aromatic N) is 4. The van der Waals surface area contributed by atoms with Crippen LogP contribution in [0.25, 0.3) is 0 Å². The summed E-state index contributed by atoms with van der Waals surface area (Å²) >= 11 is 0. The predicted molar refractivity (Wildman–Crippen MR) is 161 cm³/mol. The maximum atomic E-state index is 14.1. The van der Waals surface area contributed by atoms with Crippen molar-refractivity contribution in [2.45, 2.75) is 43.6 Å². The smallest absolute Gasteiger partial charge is 0.423 e. The lowest BCUT2D eigenvalue weighted by Crippen LogP contribution is -2.43. The van der Waals surface area contributed by atoms with Crippen LogP contribution in [0.5, 0.6) is 11.6 Å². The number of anilines is 2. The summed E-state index contributed by atoms with van der Waals surface area (Å²) in [5, 5.41) is 5.89. The van der Waals surface area contributed by atoms with E-state index >= 15 is 0 Å². The second-order valence-electron chi connectivity index (χ2n) is 11.3. The zero-order chi connectivity index (χ0) is 32.5. The molecule has 1 amide bonds. The van der Waals surface area contributed by atoms with Gasteiger partial charge in [-0.1, -0.05) is 24.3 Å². The lowest BCUT2D eigenvalue weighted by molar-refractivity contribution is -0.140. The Morgan fingerprint density at radius 1 is 1.13 bits per heavy atom. The molecule has 1 aromatic heterocycles. The molecule has 0 spiro atoms. The van der Waals surface area contributed by atoms with Crippen molar-refractivity contribution in [3.63, 3.8) is 0 Å². The van der Waals surface area contributed by atoms with Crippen LogP contribution in [-0.4, -0.2) is 86.2 Å². The van der Waals surface area contributed by atoms with Gasteiger partial charge in [-0.05, 0) is 62.3 Å². The van der Waals surface area contributed by atoms with Crippen LogP contribution >= 0.6 is 0 Å². The van der Waals surface area contributed by atoms with Crippen LogP contribution in [0.15, 0.2) is 48.7 Å². The Morgan fingerprint density at radius 3 is 2.51 bits per heavy atom. The van der Waals surface area contributed by atoms with E-state index in [1.165, 1.54) is 20.2 Å². The van der Waals surface area contributed by atoms with Crippen molar-refractivity contribution in [3.05, 3.63) is 70.9 Å². The number of hydrogen-bond acceptors (Lipinski definition) is 9. The number of likely N-dealkylation sites (N-methyl/N-ethyl adjacent to an activating group) is 1. The second kappa shape index (κ2) is 12.8. The number of carbonyl (C=O) groups excluding carboxylic acids is 1. The molecule has 2 atom stereocenters. The van der Waals surface area contributed by atoms with Crippen LogP contribution in [0, 0.1) is 0 Å². The van der Waals surface area contributed by atoms with Crippen LogP contribution in [0.1, 0.15) is 45.9 Å². The summed E-state index contributed by atoms with van der Waals surface area (Å²) in [6.45, 7) is 1.78. The van der Waals surface area contributed by atoms with E-state index in [1.54, 1.807) is 36.4 Å². The molecule has 0 radical (unpaired) electrons. The SMILES string of the molecule is COc1cc(C(=O)NC2CCN(C)CC2)ccc1Nc1ncc(C(F)(F)F)c(O[C@@H]2Cc3ccccc3[C@@H]2N(C)S(C)(=O)=O)n1. The number of benzene rings is 2. The monoisotopic (exact) mass is 648 g/mol. The normalized spacial score (nSPS) is 19.3. The Morgan fingerprint density at radius 2 is 1.84 bits per heavy atom. The number of rotatable bonds is 9. The lowest BCUT2D eigenvalue weighted by atomic mass is 10.0. The summed E-state index contributed by atoms with van der Waals surface area (Å²) < 4.78 is 79.6. The number of fused-ring (bicyclic) bond motifs is 1. The number of piperidine rings is 1. The third-order valence-corrected chi connectivity index (χ3v) is 9.42. The highest BCUT2D eigenvalue weighted by Crippen LogP contribution is 2.42. The van der Waals surface area contributed by atoms with Crippen molar-refractivity contribution in [2.75, 3.05) is 45.9 Å². The van der Waals surface area contributed by atoms with Crippen molar-refractivity contribution in [1.82, 2.24) is 24.5 Å². The first kappa shape index (κ1) is 32.4. The Bertz CT molecular complexity index is 1660. The number of nitrogens with one attached hydrogen (secondary N) is 2. The molecule has 1 fully saturated rings. The number of alkyl halides is 3. The van der Waals surface area contributed by atoms with Gasteiger partial charge in [0, 0.05) is 31.3 Å². The van der Waals surface area contributed by atoms with E-state index in [1.807, 2.05) is 7.05 Å². The number of carbonyl (C=O) groups is 1. The van der Waals surface area contributed by atoms with Gasteiger partial charge >= 0.3 is 6.18 Å². The molecule has 3 aromatic rings. The summed E-state index contributed by atoms with van der Waals surface area (Å²) in [6, 6.07) is 10.8. The molecule has 15 heteroatoms. The summed E-state index contributed by atoms with van der Waals surface area (Å²) in [6.07, 6.45) is -2.37. The van der Waals surface area contributed by atoms with Gasteiger partial charge in [0.05, 0.1) is 25.1 Å². The quantitative estimate of drug-likeness (QED) is 0.354. The first-order valence-electron chi connectivity index (χ1n) is 14.3. The minimum atomic E-state index is -4.85. The van der Waals surface area contributed by atoms with E-state index in [2.05, 4.69) is 25.5 Å². The van der Waals surface area contributed by atoms with Crippen LogP contribution in [0.3, 0.4) is 0 Å². The molecule has 242 valence electrons. The largest absolute Gasteiger partial charge is 0.495 e. The summed E-state index contributed by atoms with van der Waals surface area (Å²) in [4.78, 5) is 23.0. The summed E-state index contributed by atoms with van der Waals surface area (Å²) in [5.74, 6) is -0.985. The predicted octanol–water partition coefficient (Wildman–Crippen LogP) is 4.01. The number of hydrogen-bond donors (Lipinski definition) is 2. The molecule has 0 unspecified atom stereocenters. The van der Waals surface area contributed by atoms with Gasteiger partial charge in [-0.2, -0.15) is 22.5 Å². The zero-order valence-electron chi connectivity index (χ0n) is 25.3. The van der Waals surface area contributed by atoms with Gasteiger partial charge in [0.25, 0.3) is 5.91 Å². The van der Waals surface area contributed by atoms with Gasteiger partial charge in [0.1, 0.15) is 17.4 Å². The molecule has 1 saturated heterocycles. The molecule has 0 saturated carbocycles. The van der Waals surface area contributed by atoms with Gasteiger partial charge in [0.2, 0.25) is 21.9 Å². The highest BCUT2D eigenvalue weighted by Gasteiger charge is 2.43. The number of sulfonamides is 1. The minimum absolute atomic E-state index is 0.0564. The number of amides is 1. The van der Waals surface area contributed by atoms with Gasteiger partial charge in [-0.25, -0.2) is 13.4 Å². The second-order valence-corrected chi connectivity index (χ2v) is 13.3. The molecule has 1 aliphatic heterocycles. The maximum Gasteiger partial charge on any atom is 0.423 e. The van der Waals surface area contributed by atoms with Crippen molar-refractivity contribution in [1.29, 1.82) is 0 Å². The Labute approximate surface area is 259 Å². The molecule has 1 aliphatic carbocycles. The third kappa shape index (κ3) is 7.31. The van der Waals surface area contributed by atoms with Crippen LogP contribution in [0.4, 0.5) is 24.8 Å². The molecular formula is C30H35F3N6O5S. The molecule has 2 aromatic carbocycles. The lowest BCUT2D eigenvalue weighted by Gasteiger charge is -2.29. The molecule has 2 aliphatic rings. The zero-order valence-corrected chi connectivity index (χ0v) is 26.1. The van der Waals surface area contributed by atoms with Crippen LogP contribution in [0.2, 0.25) is 0 Å². The number of ether oxygens (including phenoxy) is 2. The average Bonchev–Trinajstić information content (AvgIpc) is 3.34. The van der Waals surface area contributed by atoms with Gasteiger partial charge in [0.15, 0.2) is 0 Å². The van der Waals surface area contributed by atoms with Gasteiger partial charge in [-0.15, -0.1) is 0 Å². The van der Waals surface area contributed by atoms with Crippen molar-refractivity contribution in [3.8, 4) is 11.6 Å². The van der Waals surface area contributed by atoms with E-state index in [0.29, 0.717) is 23.0 Å². The molecule has 5 rings (SSSR count). The van der Waals surface area contributed by atoms with E-state index < -0.39 is 39.8 Å². The number of methoxy groups -OCH3 is 1. The fourth-order valence-corrected chi connectivity index (χ4v) is 6.27. The van der Waals surface area contributed by atoms with E-state index in [9.17, 15) is 26.4 Å². The first-order valence-corrected chi connectivity index (χ1v) is 16.2. The van der Waals surface area contributed by atoms with Crippen molar-refractivity contribution >= 4 is 27.6 Å². The van der Waals surface area contributed by atoms with E-state index in [-0.39, 0.29) is 30.1 Å².